The van der Waals surface area contributed by atoms with Crippen molar-refractivity contribution >= 4 is 11.8 Å². The molecule has 3 nitrogen and oxygen atoms in total. The number of aromatic nitrogens is 2. The number of benzene rings is 1. The van der Waals surface area contributed by atoms with Crippen molar-refractivity contribution in [3.63, 3.8) is 0 Å². The van der Waals surface area contributed by atoms with Crippen LogP contribution in [-0.2, 0) is 5.75 Å². The van der Waals surface area contributed by atoms with E-state index in [4.69, 9.17) is 4.42 Å². The van der Waals surface area contributed by atoms with Crippen LogP contribution >= 0.6 is 11.8 Å². The molecule has 0 aliphatic rings. The first kappa shape index (κ1) is 13.8. The number of hydrogen-bond donors (Lipinski definition) is 0. The van der Waals surface area contributed by atoms with Crippen LogP contribution in [0.3, 0.4) is 0 Å². The summed E-state index contributed by atoms with van der Waals surface area (Å²) in [7, 11) is 0. The molecule has 0 atom stereocenters. The van der Waals surface area contributed by atoms with Gasteiger partial charge in [0, 0.05) is 11.8 Å². The van der Waals surface area contributed by atoms with Crippen LogP contribution < -0.4 is 0 Å². The highest BCUT2D eigenvalue weighted by molar-refractivity contribution is 7.98. The molecule has 2 aromatic heterocycles. The summed E-state index contributed by atoms with van der Waals surface area (Å²) in [5, 5.41) is 0.933. The van der Waals surface area contributed by atoms with Gasteiger partial charge in [0.2, 0.25) is 5.89 Å². The van der Waals surface area contributed by atoms with Gasteiger partial charge >= 0.3 is 0 Å². The zero-order chi connectivity index (χ0) is 14.7. The Balaban J connectivity index is 1.67. The number of nitrogens with zero attached hydrogens (tertiary/aromatic N) is 2. The quantitative estimate of drug-likeness (QED) is 0.666. The maximum Gasteiger partial charge on any atom is 0.205 e. The van der Waals surface area contributed by atoms with E-state index in [1.807, 2.05) is 25.3 Å². The Kier molecular flexibility index (Phi) is 4.01. The van der Waals surface area contributed by atoms with Gasteiger partial charge in [-0.15, -0.1) is 0 Å². The van der Waals surface area contributed by atoms with E-state index < -0.39 is 0 Å². The molecule has 0 fully saturated rings. The van der Waals surface area contributed by atoms with E-state index in [9.17, 15) is 4.39 Å². The number of aryl methyl sites for hydroxylation is 1. The van der Waals surface area contributed by atoms with Crippen molar-refractivity contribution in [1.29, 1.82) is 0 Å². The number of hydrogen-bond acceptors (Lipinski definition) is 4. The number of rotatable bonds is 4. The largest absolute Gasteiger partial charge is 0.440 e. The molecule has 0 aliphatic carbocycles. The molecule has 1 aromatic carbocycles. The second-order valence-electron chi connectivity index (χ2n) is 4.59. The molecule has 0 saturated carbocycles. The Hall–Kier alpha value is -2.14. The van der Waals surface area contributed by atoms with Crippen LogP contribution in [-0.4, -0.2) is 9.97 Å². The van der Waals surface area contributed by atoms with Gasteiger partial charge in [0.1, 0.15) is 5.82 Å². The monoisotopic (exact) mass is 300 g/mol. The Labute approximate surface area is 126 Å². The van der Waals surface area contributed by atoms with Gasteiger partial charge < -0.3 is 4.42 Å². The molecule has 5 heteroatoms. The molecule has 106 valence electrons. The number of halogens is 1. The molecule has 21 heavy (non-hydrogen) atoms. The molecule has 0 saturated heterocycles. The molecule has 0 N–H and O–H groups in total. The summed E-state index contributed by atoms with van der Waals surface area (Å²) in [5.74, 6) is 1.61. The maximum atomic E-state index is 12.9. The molecule has 0 unspecified atom stereocenters. The lowest BCUT2D eigenvalue weighted by molar-refractivity contribution is 0.529. The minimum Gasteiger partial charge on any atom is -0.440 e. The summed E-state index contributed by atoms with van der Waals surface area (Å²) in [6.07, 6.45) is 3.49. The van der Waals surface area contributed by atoms with Crippen molar-refractivity contribution in [3.05, 3.63) is 66.1 Å². The van der Waals surface area contributed by atoms with Gasteiger partial charge in [0.15, 0.2) is 5.76 Å². The first-order valence-corrected chi connectivity index (χ1v) is 7.45. The lowest BCUT2D eigenvalue weighted by Crippen LogP contribution is -1.83. The Bertz CT molecular complexity index is 723. The molecule has 2 heterocycles. The average molecular weight is 300 g/mol. The van der Waals surface area contributed by atoms with Gasteiger partial charge in [-0.05, 0) is 42.8 Å². The van der Waals surface area contributed by atoms with E-state index in [0.29, 0.717) is 17.4 Å². The molecule has 0 spiro atoms. The normalized spacial score (nSPS) is 10.8. The summed E-state index contributed by atoms with van der Waals surface area (Å²) >= 11 is 1.57. The molecular formula is C16H13FN2OS. The predicted octanol–water partition coefficient (Wildman–Crippen LogP) is 4.48. The smallest absolute Gasteiger partial charge is 0.205 e. The van der Waals surface area contributed by atoms with Crippen LogP contribution in [0.4, 0.5) is 4.39 Å². The van der Waals surface area contributed by atoms with Crippen LogP contribution in [0.1, 0.15) is 11.5 Å². The predicted molar refractivity (Wildman–Crippen MR) is 80.4 cm³/mol. The van der Waals surface area contributed by atoms with Crippen molar-refractivity contribution in [2.24, 2.45) is 0 Å². The van der Waals surface area contributed by atoms with E-state index in [1.54, 1.807) is 30.1 Å². The minimum absolute atomic E-state index is 0.264. The van der Waals surface area contributed by atoms with Crippen molar-refractivity contribution < 1.29 is 8.81 Å². The molecule has 3 rings (SSSR count). The van der Waals surface area contributed by atoms with E-state index >= 15 is 0 Å². The van der Waals surface area contributed by atoms with Gasteiger partial charge in [0.05, 0.1) is 17.0 Å². The third-order valence-corrected chi connectivity index (χ3v) is 3.84. The van der Waals surface area contributed by atoms with Crippen LogP contribution in [0.25, 0.3) is 11.3 Å². The molecule has 0 amide bonds. The van der Waals surface area contributed by atoms with Gasteiger partial charge in [-0.1, -0.05) is 17.8 Å². The highest BCUT2D eigenvalue weighted by Gasteiger charge is 2.07. The van der Waals surface area contributed by atoms with Crippen molar-refractivity contribution in [2.45, 2.75) is 17.7 Å². The van der Waals surface area contributed by atoms with E-state index in [-0.39, 0.29) is 5.82 Å². The number of thioether (sulfide) groups is 1. The molecular weight excluding hydrogens is 287 g/mol. The SMILES string of the molecule is Cc1ccc(SCc2ncc(-c3ccc(F)cc3)o2)nc1. The highest BCUT2D eigenvalue weighted by Crippen LogP contribution is 2.25. The molecule has 0 radical (unpaired) electrons. The second kappa shape index (κ2) is 6.10. The second-order valence-corrected chi connectivity index (χ2v) is 5.58. The van der Waals surface area contributed by atoms with Gasteiger partial charge in [-0.2, -0.15) is 0 Å². The lowest BCUT2D eigenvalue weighted by atomic mass is 10.2. The topological polar surface area (TPSA) is 38.9 Å². The van der Waals surface area contributed by atoms with Crippen molar-refractivity contribution in [1.82, 2.24) is 9.97 Å². The van der Waals surface area contributed by atoms with Gasteiger partial charge in [0.25, 0.3) is 0 Å². The van der Waals surface area contributed by atoms with E-state index in [2.05, 4.69) is 9.97 Å². The van der Waals surface area contributed by atoms with E-state index in [0.717, 1.165) is 16.2 Å². The third kappa shape index (κ3) is 3.49. The summed E-state index contributed by atoms with van der Waals surface area (Å²) in [5.41, 5.74) is 1.95. The van der Waals surface area contributed by atoms with Gasteiger partial charge in [-0.3, -0.25) is 0 Å². The average Bonchev–Trinajstić information content (AvgIpc) is 2.96. The van der Waals surface area contributed by atoms with Crippen molar-refractivity contribution in [2.75, 3.05) is 0 Å². The number of pyridine rings is 1. The highest BCUT2D eigenvalue weighted by atomic mass is 32.2. The zero-order valence-electron chi connectivity index (χ0n) is 11.4. The summed E-state index contributed by atoms with van der Waals surface area (Å²) in [6, 6.07) is 10.2. The van der Waals surface area contributed by atoms with Crippen LogP contribution in [0.15, 0.2) is 58.2 Å². The standard InChI is InChI=1S/C16H13FN2OS/c1-11-2-7-16(19-8-11)21-10-15-18-9-14(20-15)12-3-5-13(17)6-4-12/h2-9H,10H2,1H3. The molecule has 0 bridgehead atoms. The minimum atomic E-state index is -0.264. The Morgan fingerprint density at radius 3 is 2.57 bits per heavy atom. The zero-order valence-corrected chi connectivity index (χ0v) is 12.2. The fourth-order valence-electron chi connectivity index (χ4n) is 1.80. The summed E-state index contributed by atoms with van der Waals surface area (Å²) in [4.78, 5) is 8.56. The summed E-state index contributed by atoms with van der Waals surface area (Å²) in [6.45, 7) is 2.00. The van der Waals surface area contributed by atoms with Crippen LogP contribution in [0, 0.1) is 12.7 Å². The first-order valence-electron chi connectivity index (χ1n) is 6.47. The fourth-order valence-corrected chi connectivity index (χ4v) is 2.50. The number of oxazole rings is 1. The Morgan fingerprint density at radius 1 is 1.05 bits per heavy atom. The fraction of sp³-hybridized carbons (Fsp3) is 0.125. The molecule has 0 aliphatic heterocycles. The van der Waals surface area contributed by atoms with E-state index in [1.165, 1.54) is 12.1 Å². The summed E-state index contributed by atoms with van der Waals surface area (Å²) < 4.78 is 18.6. The molecule has 3 aromatic rings. The van der Waals surface area contributed by atoms with Crippen LogP contribution in [0.5, 0.6) is 0 Å². The lowest BCUT2D eigenvalue weighted by Gasteiger charge is -1.99. The van der Waals surface area contributed by atoms with Crippen LogP contribution in [0.2, 0.25) is 0 Å². The first-order chi connectivity index (χ1) is 10.2. The van der Waals surface area contributed by atoms with Gasteiger partial charge in [-0.25, -0.2) is 14.4 Å². The third-order valence-electron chi connectivity index (χ3n) is 2.91. The Morgan fingerprint density at radius 2 is 1.86 bits per heavy atom. The maximum absolute atomic E-state index is 12.9. The van der Waals surface area contributed by atoms with Crippen molar-refractivity contribution in [3.8, 4) is 11.3 Å².